The van der Waals surface area contributed by atoms with Crippen LogP contribution in [0.15, 0.2) is 24.3 Å². The molecule has 3 nitrogen and oxygen atoms in total. The highest BCUT2D eigenvalue weighted by Gasteiger charge is 2.29. The summed E-state index contributed by atoms with van der Waals surface area (Å²) in [5.41, 5.74) is -0.139. The molecule has 0 saturated heterocycles. The summed E-state index contributed by atoms with van der Waals surface area (Å²) in [6.45, 7) is 0.143. The van der Waals surface area contributed by atoms with Crippen molar-refractivity contribution >= 4 is 18.8 Å². The van der Waals surface area contributed by atoms with E-state index >= 15 is 0 Å². The number of carbonyl (C=O) groups is 1. The van der Waals surface area contributed by atoms with Crippen molar-refractivity contribution in [3.8, 4) is 0 Å². The molecule has 0 spiro atoms. The molecule has 0 unspecified atom stereocenters. The zero-order valence-corrected chi connectivity index (χ0v) is 8.90. The second kappa shape index (κ2) is 5.11. The van der Waals surface area contributed by atoms with Gasteiger partial charge < -0.3 is 5.32 Å². The van der Waals surface area contributed by atoms with Crippen LogP contribution in [-0.4, -0.2) is 6.03 Å². The Balaban J connectivity index is 2.62. The van der Waals surface area contributed by atoms with Crippen LogP contribution in [0.2, 0.25) is 0 Å². The van der Waals surface area contributed by atoms with Crippen molar-refractivity contribution in [2.24, 2.45) is 0 Å². The summed E-state index contributed by atoms with van der Waals surface area (Å²) >= 11 is 3.51. The topological polar surface area (TPSA) is 41.1 Å². The quantitative estimate of drug-likeness (QED) is 0.693. The Bertz CT molecular complexity index is 364. The van der Waals surface area contributed by atoms with Crippen LogP contribution in [0.4, 0.5) is 18.0 Å². The van der Waals surface area contributed by atoms with E-state index < -0.39 is 17.8 Å². The molecule has 0 heterocycles. The van der Waals surface area contributed by atoms with Crippen LogP contribution in [-0.2, 0) is 12.7 Å². The summed E-state index contributed by atoms with van der Waals surface area (Å²) in [7, 11) is 0. The predicted molar refractivity (Wildman–Crippen MR) is 55.8 cm³/mol. The van der Waals surface area contributed by atoms with Crippen LogP contribution in [0.1, 0.15) is 11.1 Å². The van der Waals surface area contributed by atoms with E-state index in [4.69, 9.17) is 0 Å². The van der Waals surface area contributed by atoms with Gasteiger partial charge in [-0.3, -0.25) is 4.72 Å². The number of hydrogen-bond acceptors (Lipinski definition) is 2. The number of halogens is 3. The van der Waals surface area contributed by atoms with Crippen LogP contribution in [0.3, 0.4) is 0 Å². The van der Waals surface area contributed by atoms with E-state index in [1.807, 2.05) is 4.72 Å². The molecule has 7 heteroatoms. The minimum Gasteiger partial charge on any atom is -0.333 e. The number of carbonyl (C=O) groups excluding carboxylic acids is 1. The molecular formula is C9H9F3N2OS. The van der Waals surface area contributed by atoms with Gasteiger partial charge >= 0.3 is 12.2 Å². The predicted octanol–water partition coefficient (Wildman–Crippen LogP) is 2.35. The molecule has 0 aromatic heterocycles. The van der Waals surface area contributed by atoms with Gasteiger partial charge in [-0.2, -0.15) is 13.2 Å². The van der Waals surface area contributed by atoms with E-state index in [9.17, 15) is 18.0 Å². The highest BCUT2D eigenvalue weighted by molar-refractivity contribution is 7.78. The molecule has 0 atom stereocenters. The van der Waals surface area contributed by atoms with Gasteiger partial charge in [0, 0.05) is 6.54 Å². The largest absolute Gasteiger partial charge is 0.416 e. The molecule has 0 aliphatic rings. The summed E-state index contributed by atoms with van der Waals surface area (Å²) in [6, 6.07) is 4.04. The summed E-state index contributed by atoms with van der Waals surface area (Å²) in [4.78, 5) is 10.7. The van der Waals surface area contributed by atoms with E-state index in [1.165, 1.54) is 12.1 Å². The molecule has 0 bridgehead atoms. The van der Waals surface area contributed by atoms with Crippen molar-refractivity contribution in [2.75, 3.05) is 0 Å². The van der Waals surface area contributed by atoms with Crippen LogP contribution >= 0.6 is 12.8 Å². The summed E-state index contributed by atoms with van der Waals surface area (Å²) in [5, 5.41) is 2.40. The standard InChI is InChI=1S/C9H9F3N2OS/c10-9(11,12)7-3-1-6(2-4-7)5-13-8(15)14-16/h1-4,16H,5H2,(H2,13,14,15). The van der Waals surface area contributed by atoms with E-state index in [-0.39, 0.29) is 6.54 Å². The third-order valence-electron chi connectivity index (χ3n) is 1.84. The maximum atomic E-state index is 12.2. The number of urea groups is 1. The first kappa shape index (κ1) is 12.7. The molecule has 2 amide bonds. The van der Waals surface area contributed by atoms with E-state index in [0.717, 1.165) is 12.1 Å². The third kappa shape index (κ3) is 3.65. The fourth-order valence-corrected chi connectivity index (χ4v) is 1.11. The highest BCUT2D eigenvalue weighted by atomic mass is 32.1. The lowest BCUT2D eigenvalue weighted by atomic mass is 10.1. The van der Waals surface area contributed by atoms with E-state index in [1.54, 1.807) is 0 Å². The van der Waals surface area contributed by atoms with Crippen molar-refractivity contribution in [3.63, 3.8) is 0 Å². The number of nitrogens with one attached hydrogen (secondary N) is 2. The van der Waals surface area contributed by atoms with Gasteiger partial charge in [-0.1, -0.05) is 24.9 Å². The molecule has 1 rings (SSSR count). The Morgan fingerprint density at radius 3 is 2.25 bits per heavy atom. The first-order valence-corrected chi connectivity index (χ1v) is 4.72. The lowest BCUT2D eigenvalue weighted by molar-refractivity contribution is -0.137. The second-order valence-corrected chi connectivity index (χ2v) is 3.21. The summed E-state index contributed by atoms with van der Waals surface area (Å²) < 4.78 is 38.6. The molecular weight excluding hydrogens is 241 g/mol. The van der Waals surface area contributed by atoms with Gasteiger partial charge in [0.2, 0.25) is 0 Å². The number of thiol groups is 1. The molecule has 1 aromatic carbocycles. The minimum absolute atomic E-state index is 0.143. The van der Waals surface area contributed by atoms with Crippen molar-refractivity contribution in [3.05, 3.63) is 35.4 Å². The molecule has 1 aromatic rings. The SMILES string of the molecule is O=C(NS)NCc1ccc(C(F)(F)F)cc1. The van der Waals surface area contributed by atoms with Crippen molar-refractivity contribution in [1.29, 1.82) is 0 Å². The molecule has 0 aliphatic carbocycles. The zero-order valence-electron chi connectivity index (χ0n) is 8.01. The van der Waals surface area contributed by atoms with Crippen molar-refractivity contribution < 1.29 is 18.0 Å². The Hall–Kier alpha value is -1.37. The molecule has 16 heavy (non-hydrogen) atoms. The lowest BCUT2D eigenvalue weighted by Crippen LogP contribution is -2.29. The number of alkyl halides is 3. The summed E-state index contributed by atoms with van der Waals surface area (Å²) in [6.07, 6.45) is -4.34. The van der Waals surface area contributed by atoms with E-state index in [2.05, 4.69) is 18.1 Å². The fraction of sp³-hybridized carbons (Fsp3) is 0.222. The summed E-state index contributed by atoms with van der Waals surface area (Å²) in [5.74, 6) is 0. The van der Waals surface area contributed by atoms with Gasteiger partial charge in [-0.15, -0.1) is 0 Å². The normalized spacial score (nSPS) is 11.0. The Kier molecular flexibility index (Phi) is 4.05. The molecule has 0 saturated carbocycles. The van der Waals surface area contributed by atoms with Crippen LogP contribution < -0.4 is 10.0 Å². The average molecular weight is 250 g/mol. The molecule has 2 N–H and O–H groups in total. The minimum atomic E-state index is -4.34. The molecule has 88 valence electrons. The van der Waals surface area contributed by atoms with Crippen LogP contribution in [0.5, 0.6) is 0 Å². The van der Waals surface area contributed by atoms with Crippen molar-refractivity contribution in [2.45, 2.75) is 12.7 Å². The Morgan fingerprint density at radius 1 is 1.25 bits per heavy atom. The van der Waals surface area contributed by atoms with Gasteiger partial charge in [0.05, 0.1) is 5.56 Å². The number of amides is 2. The number of rotatable bonds is 2. The van der Waals surface area contributed by atoms with Gasteiger partial charge in [0.1, 0.15) is 0 Å². The maximum absolute atomic E-state index is 12.2. The number of benzene rings is 1. The first-order valence-electron chi connectivity index (χ1n) is 4.27. The Labute approximate surface area is 95.6 Å². The van der Waals surface area contributed by atoms with Gasteiger partial charge in [0.15, 0.2) is 0 Å². The van der Waals surface area contributed by atoms with Gasteiger partial charge in [-0.05, 0) is 17.7 Å². The fourth-order valence-electron chi connectivity index (χ4n) is 1.03. The smallest absolute Gasteiger partial charge is 0.333 e. The van der Waals surface area contributed by atoms with E-state index in [0.29, 0.717) is 5.56 Å². The second-order valence-electron chi connectivity index (χ2n) is 2.99. The first-order chi connectivity index (χ1) is 7.43. The zero-order chi connectivity index (χ0) is 12.2. The molecule has 0 fully saturated rings. The van der Waals surface area contributed by atoms with Crippen LogP contribution in [0.25, 0.3) is 0 Å². The van der Waals surface area contributed by atoms with Gasteiger partial charge in [-0.25, -0.2) is 4.79 Å². The average Bonchev–Trinajstić information content (AvgIpc) is 2.25. The monoisotopic (exact) mass is 250 g/mol. The lowest BCUT2D eigenvalue weighted by Gasteiger charge is -2.08. The number of hydrogen-bond donors (Lipinski definition) is 3. The van der Waals surface area contributed by atoms with Crippen molar-refractivity contribution in [1.82, 2.24) is 10.0 Å². The molecule has 0 aliphatic heterocycles. The van der Waals surface area contributed by atoms with Crippen LogP contribution in [0, 0.1) is 0 Å². The molecule has 0 radical (unpaired) electrons. The maximum Gasteiger partial charge on any atom is 0.416 e. The Morgan fingerprint density at radius 2 is 1.81 bits per heavy atom. The van der Waals surface area contributed by atoms with Gasteiger partial charge in [0.25, 0.3) is 0 Å². The highest BCUT2D eigenvalue weighted by Crippen LogP contribution is 2.28. The third-order valence-corrected chi connectivity index (χ3v) is 2.04.